The molecule has 2 aromatic carbocycles. The molecular formula is C20H23FN2O3S. The Bertz CT molecular complexity index is 908. The molecule has 144 valence electrons. The number of carbonyl (C=O) groups is 1. The third-order valence-electron chi connectivity index (χ3n) is 4.92. The van der Waals surface area contributed by atoms with E-state index >= 15 is 0 Å². The summed E-state index contributed by atoms with van der Waals surface area (Å²) >= 11 is 0. The fraction of sp³-hybridized carbons (Fsp3) is 0.350. The summed E-state index contributed by atoms with van der Waals surface area (Å²) in [5, 5.41) is 2.91. The first-order valence-electron chi connectivity index (χ1n) is 8.96. The standard InChI is InChI=1S/C20H23FN2O3S/c1-15-7-8-18(13-19(15)21)27(25,26)23-11-9-17(10-12-23)20(24)22-14-16-5-3-2-4-6-16/h2-8,13,17H,9-12,14H2,1H3,(H,22,24). The monoisotopic (exact) mass is 390 g/mol. The molecule has 5 nitrogen and oxygen atoms in total. The van der Waals surface area contributed by atoms with E-state index in [1.807, 2.05) is 30.3 Å². The van der Waals surface area contributed by atoms with Gasteiger partial charge < -0.3 is 5.32 Å². The lowest BCUT2D eigenvalue weighted by Gasteiger charge is -2.30. The number of aryl methyl sites for hydroxylation is 1. The van der Waals surface area contributed by atoms with Gasteiger partial charge in [-0.2, -0.15) is 4.31 Å². The summed E-state index contributed by atoms with van der Waals surface area (Å²) in [6.07, 6.45) is 0.905. The Hall–Kier alpha value is -2.25. The second-order valence-corrected chi connectivity index (χ2v) is 8.73. The molecule has 0 radical (unpaired) electrons. The molecule has 27 heavy (non-hydrogen) atoms. The molecule has 3 rings (SSSR count). The Kier molecular flexibility index (Phi) is 5.92. The van der Waals surface area contributed by atoms with Crippen molar-refractivity contribution in [2.45, 2.75) is 31.2 Å². The molecule has 7 heteroatoms. The number of hydrogen-bond donors (Lipinski definition) is 1. The van der Waals surface area contributed by atoms with Crippen molar-refractivity contribution in [2.75, 3.05) is 13.1 Å². The summed E-state index contributed by atoms with van der Waals surface area (Å²) in [4.78, 5) is 12.3. The zero-order chi connectivity index (χ0) is 19.4. The van der Waals surface area contributed by atoms with Gasteiger partial charge in [0.15, 0.2) is 0 Å². The van der Waals surface area contributed by atoms with Crippen molar-refractivity contribution in [3.63, 3.8) is 0 Å². The molecule has 2 aromatic rings. The number of carbonyl (C=O) groups excluding carboxylic acids is 1. The van der Waals surface area contributed by atoms with Crippen molar-refractivity contribution in [2.24, 2.45) is 5.92 Å². The predicted molar refractivity (Wildman–Crippen MR) is 101 cm³/mol. The summed E-state index contributed by atoms with van der Waals surface area (Å²) in [6, 6.07) is 13.6. The van der Waals surface area contributed by atoms with Crippen LogP contribution in [0.5, 0.6) is 0 Å². The molecule has 0 saturated carbocycles. The van der Waals surface area contributed by atoms with E-state index < -0.39 is 15.8 Å². The van der Waals surface area contributed by atoms with Gasteiger partial charge in [-0.15, -0.1) is 0 Å². The van der Waals surface area contributed by atoms with Crippen molar-refractivity contribution in [1.29, 1.82) is 0 Å². The first-order chi connectivity index (χ1) is 12.9. The minimum Gasteiger partial charge on any atom is -0.352 e. The van der Waals surface area contributed by atoms with Crippen LogP contribution >= 0.6 is 0 Å². The predicted octanol–water partition coefficient (Wildman–Crippen LogP) is 2.85. The van der Waals surface area contributed by atoms with E-state index in [1.165, 1.54) is 16.4 Å². The zero-order valence-electron chi connectivity index (χ0n) is 15.2. The van der Waals surface area contributed by atoms with Gasteiger partial charge in [-0.3, -0.25) is 4.79 Å². The van der Waals surface area contributed by atoms with Crippen LogP contribution in [-0.2, 0) is 21.4 Å². The van der Waals surface area contributed by atoms with Gasteiger partial charge in [0.2, 0.25) is 15.9 Å². The van der Waals surface area contributed by atoms with Gasteiger partial charge in [0.25, 0.3) is 0 Å². The number of nitrogens with one attached hydrogen (secondary N) is 1. The Morgan fingerprint density at radius 1 is 1.15 bits per heavy atom. The molecule has 0 atom stereocenters. The van der Waals surface area contributed by atoms with Gasteiger partial charge in [0.1, 0.15) is 5.82 Å². The smallest absolute Gasteiger partial charge is 0.243 e. The zero-order valence-corrected chi connectivity index (χ0v) is 16.0. The van der Waals surface area contributed by atoms with E-state index in [1.54, 1.807) is 6.92 Å². The maximum Gasteiger partial charge on any atom is 0.243 e. The minimum absolute atomic E-state index is 0.0439. The highest BCUT2D eigenvalue weighted by atomic mass is 32.2. The fourth-order valence-corrected chi connectivity index (χ4v) is 4.65. The molecule has 1 amide bonds. The van der Waals surface area contributed by atoms with Crippen molar-refractivity contribution >= 4 is 15.9 Å². The first kappa shape index (κ1) is 19.5. The summed E-state index contributed by atoms with van der Waals surface area (Å²) in [5.74, 6) is -0.807. The van der Waals surface area contributed by atoms with E-state index in [-0.39, 0.29) is 29.8 Å². The summed E-state index contributed by atoms with van der Waals surface area (Å²) in [6.45, 7) is 2.55. The molecule has 1 aliphatic heterocycles. The van der Waals surface area contributed by atoms with Crippen LogP contribution in [0.15, 0.2) is 53.4 Å². The largest absolute Gasteiger partial charge is 0.352 e. The highest BCUT2D eigenvalue weighted by Crippen LogP contribution is 2.25. The number of halogens is 1. The van der Waals surface area contributed by atoms with Crippen LogP contribution < -0.4 is 5.32 Å². The van der Waals surface area contributed by atoms with E-state index in [9.17, 15) is 17.6 Å². The maximum atomic E-state index is 13.7. The van der Waals surface area contributed by atoms with Crippen LogP contribution in [0.4, 0.5) is 4.39 Å². The third kappa shape index (κ3) is 4.54. The van der Waals surface area contributed by atoms with Crippen LogP contribution in [0.2, 0.25) is 0 Å². The van der Waals surface area contributed by atoms with Gasteiger partial charge in [-0.05, 0) is 43.0 Å². The first-order valence-corrected chi connectivity index (χ1v) is 10.4. The van der Waals surface area contributed by atoms with Gasteiger partial charge in [-0.25, -0.2) is 12.8 Å². The third-order valence-corrected chi connectivity index (χ3v) is 6.81. The van der Waals surface area contributed by atoms with Crippen molar-refractivity contribution in [3.8, 4) is 0 Å². The molecule has 0 unspecified atom stereocenters. The molecule has 0 bridgehead atoms. The fourth-order valence-electron chi connectivity index (χ4n) is 3.17. The Morgan fingerprint density at radius 2 is 1.81 bits per heavy atom. The number of amides is 1. The molecule has 1 heterocycles. The van der Waals surface area contributed by atoms with Crippen molar-refractivity contribution in [3.05, 3.63) is 65.5 Å². The van der Waals surface area contributed by atoms with Crippen LogP contribution in [-0.4, -0.2) is 31.7 Å². The van der Waals surface area contributed by atoms with Gasteiger partial charge in [0.05, 0.1) is 4.90 Å². The van der Waals surface area contributed by atoms with Gasteiger partial charge in [-0.1, -0.05) is 36.4 Å². The number of piperidine rings is 1. The second-order valence-electron chi connectivity index (χ2n) is 6.79. The average Bonchev–Trinajstić information content (AvgIpc) is 2.69. The van der Waals surface area contributed by atoms with E-state index in [2.05, 4.69) is 5.32 Å². The number of rotatable bonds is 5. The minimum atomic E-state index is -3.74. The average molecular weight is 390 g/mol. The molecule has 1 aliphatic rings. The lowest BCUT2D eigenvalue weighted by atomic mass is 9.97. The van der Waals surface area contributed by atoms with Crippen molar-refractivity contribution < 1.29 is 17.6 Å². The normalized spacial score (nSPS) is 16.2. The lowest BCUT2D eigenvalue weighted by molar-refractivity contribution is -0.126. The molecule has 0 aliphatic carbocycles. The Labute approximate surface area is 159 Å². The lowest BCUT2D eigenvalue weighted by Crippen LogP contribution is -2.42. The molecule has 1 fully saturated rings. The highest BCUT2D eigenvalue weighted by molar-refractivity contribution is 7.89. The van der Waals surface area contributed by atoms with E-state index in [0.717, 1.165) is 11.6 Å². The molecular weight excluding hydrogens is 367 g/mol. The molecule has 0 aromatic heterocycles. The number of nitrogens with zero attached hydrogens (tertiary/aromatic N) is 1. The summed E-state index contributed by atoms with van der Waals surface area (Å²) < 4.78 is 40.5. The van der Waals surface area contributed by atoms with E-state index in [0.29, 0.717) is 24.9 Å². The van der Waals surface area contributed by atoms with Gasteiger partial charge in [0, 0.05) is 25.6 Å². The van der Waals surface area contributed by atoms with E-state index in [4.69, 9.17) is 0 Å². The van der Waals surface area contributed by atoms with Crippen LogP contribution in [0, 0.1) is 18.7 Å². The highest BCUT2D eigenvalue weighted by Gasteiger charge is 2.32. The Morgan fingerprint density at radius 3 is 2.44 bits per heavy atom. The van der Waals surface area contributed by atoms with Crippen LogP contribution in [0.25, 0.3) is 0 Å². The van der Waals surface area contributed by atoms with Gasteiger partial charge >= 0.3 is 0 Å². The SMILES string of the molecule is Cc1ccc(S(=O)(=O)N2CCC(C(=O)NCc3ccccc3)CC2)cc1F. The topological polar surface area (TPSA) is 66.5 Å². The Balaban J connectivity index is 1.57. The van der Waals surface area contributed by atoms with Crippen LogP contribution in [0.1, 0.15) is 24.0 Å². The number of sulfonamides is 1. The van der Waals surface area contributed by atoms with Crippen molar-refractivity contribution in [1.82, 2.24) is 9.62 Å². The molecule has 1 saturated heterocycles. The number of benzene rings is 2. The summed E-state index contributed by atoms with van der Waals surface area (Å²) in [7, 11) is -3.74. The number of hydrogen-bond acceptors (Lipinski definition) is 3. The molecule has 1 N–H and O–H groups in total. The summed E-state index contributed by atoms with van der Waals surface area (Å²) in [5.41, 5.74) is 1.43. The van der Waals surface area contributed by atoms with Crippen LogP contribution in [0.3, 0.4) is 0 Å². The quantitative estimate of drug-likeness (QED) is 0.854. The maximum absolute atomic E-state index is 13.7. The second kappa shape index (κ2) is 8.19. The molecule has 0 spiro atoms.